The number of amides is 1. The Kier molecular flexibility index (Phi) is 6.69. The lowest BCUT2D eigenvalue weighted by atomic mass is 10.00. The maximum Gasteiger partial charge on any atom is 0.242 e. The molecule has 1 aliphatic rings. The van der Waals surface area contributed by atoms with Crippen LogP contribution in [-0.4, -0.2) is 36.4 Å². The summed E-state index contributed by atoms with van der Waals surface area (Å²) in [5.41, 5.74) is 6.29. The molecule has 0 unspecified atom stereocenters. The number of aryl methyl sites for hydroxylation is 2. The maximum absolute atomic E-state index is 12.7. The molecular formula is C23H30N4O. The number of fused-ring (bicyclic) bond motifs is 1. The number of rotatable bonds is 5. The van der Waals surface area contributed by atoms with Crippen LogP contribution in [0, 0.1) is 13.8 Å². The molecule has 2 aromatic rings. The first-order valence-corrected chi connectivity index (χ1v) is 9.99. The first-order chi connectivity index (χ1) is 13.6. The molecule has 0 radical (unpaired) electrons. The van der Waals surface area contributed by atoms with Crippen LogP contribution in [-0.2, 0) is 24.3 Å². The third kappa shape index (κ3) is 5.12. The summed E-state index contributed by atoms with van der Waals surface area (Å²) in [6.45, 7) is 9.28. The van der Waals surface area contributed by atoms with Gasteiger partial charge in [-0.15, -0.1) is 0 Å². The summed E-state index contributed by atoms with van der Waals surface area (Å²) in [6, 6.07) is 14.8. The number of benzene rings is 2. The SMILES string of the molecule is CCNC(=NCc1ccc(C)cc1C)NCC(=O)N1CCc2ccccc2C1. The molecule has 1 heterocycles. The van der Waals surface area contributed by atoms with Crippen LogP contribution >= 0.6 is 0 Å². The molecule has 5 heteroatoms. The Morgan fingerprint density at radius 2 is 1.89 bits per heavy atom. The molecule has 0 saturated carbocycles. The number of aliphatic imine (C=N–C) groups is 1. The number of guanidine groups is 1. The molecular weight excluding hydrogens is 348 g/mol. The van der Waals surface area contributed by atoms with Crippen molar-refractivity contribution in [1.29, 1.82) is 0 Å². The van der Waals surface area contributed by atoms with Gasteiger partial charge in [0.2, 0.25) is 5.91 Å². The van der Waals surface area contributed by atoms with Gasteiger partial charge >= 0.3 is 0 Å². The normalized spacial score (nSPS) is 13.8. The van der Waals surface area contributed by atoms with Gasteiger partial charge in [-0.25, -0.2) is 4.99 Å². The average Bonchev–Trinajstić information content (AvgIpc) is 2.70. The summed E-state index contributed by atoms with van der Waals surface area (Å²) >= 11 is 0. The molecule has 0 spiro atoms. The van der Waals surface area contributed by atoms with E-state index < -0.39 is 0 Å². The van der Waals surface area contributed by atoms with Gasteiger partial charge in [0.1, 0.15) is 0 Å². The molecule has 0 atom stereocenters. The number of carbonyl (C=O) groups excluding carboxylic acids is 1. The molecule has 5 nitrogen and oxygen atoms in total. The first-order valence-electron chi connectivity index (χ1n) is 9.99. The standard InChI is InChI=1S/C23H30N4O/c1-4-24-23(25-14-20-10-9-17(2)13-18(20)3)26-15-22(28)27-12-11-19-7-5-6-8-21(19)16-27/h5-10,13H,4,11-12,14-16H2,1-3H3,(H2,24,25,26). The first kappa shape index (κ1) is 19.9. The molecule has 0 saturated heterocycles. The van der Waals surface area contributed by atoms with Crippen molar-refractivity contribution in [3.63, 3.8) is 0 Å². The van der Waals surface area contributed by atoms with Crippen LogP contribution in [0.5, 0.6) is 0 Å². The van der Waals surface area contributed by atoms with E-state index in [0.717, 1.165) is 19.5 Å². The number of hydrogen-bond donors (Lipinski definition) is 2. The summed E-state index contributed by atoms with van der Waals surface area (Å²) in [7, 11) is 0. The highest BCUT2D eigenvalue weighted by Crippen LogP contribution is 2.18. The number of nitrogens with zero attached hydrogens (tertiary/aromatic N) is 2. The monoisotopic (exact) mass is 378 g/mol. The van der Waals surface area contributed by atoms with Crippen LogP contribution in [0.25, 0.3) is 0 Å². The van der Waals surface area contributed by atoms with Gasteiger partial charge in [0.25, 0.3) is 0 Å². The molecule has 0 aliphatic carbocycles. The summed E-state index contributed by atoms with van der Waals surface area (Å²) in [6.07, 6.45) is 0.919. The second-order valence-electron chi connectivity index (χ2n) is 7.31. The van der Waals surface area contributed by atoms with Gasteiger partial charge in [-0.3, -0.25) is 4.79 Å². The average molecular weight is 379 g/mol. The number of nitrogens with one attached hydrogen (secondary N) is 2. The lowest BCUT2D eigenvalue weighted by molar-refractivity contribution is -0.130. The highest BCUT2D eigenvalue weighted by molar-refractivity contribution is 5.86. The van der Waals surface area contributed by atoms with E-state index in [1.807, 2.05) is 17.9 Å². The van der Waals surface area contributed by atoms with E-state index in [9.17, 15) is 4.79 Å². The van der Waals surface area contributed by atoms with Gasteiger partial charge < -0.3 is 15.5 Å². The van der Waals surface area contributed by atoms with Gasteiger partial charge in [0.15, 0.2) is 5.96 Å². The van der Waals surface area contributed by atoms with E-state index in [-0.39, 0.29) is 12.5 Å². The van der Waals surface area contributed by atoms with Crippen molar-refractivity contribution in [2.45, 2.75) is 40.3 Å². The van der Waals surface area contributed by atoms with Gasteiger partial charge in [0.05, 0.1) is 13.1 Å². The fourth-order valence-electron chi connectivity index (χ4n) is 3.51. The van der Waals surface area contributed by atoms with E-state index in [2.05, 4.69) is 65.9 Å². The molecule has 2 N–H and O–H groups in total. The van der Waals surface area contributed by atoms with E-state index >= 15 is 0 Å². The van der Waals surface area contributed by atoms with Gasteiger partial charge in [-0.2, -0.15) is 0 Å². The highest BCUT2D eigenvalue weighted by Gasteiger charge is 2.20. The molecule has 1 amide bonds. The third-order valence-electron chi connectivity index (χ3n) is 5.14. The third-order valence-corrected chi connectivity index (χ3v) is 5.14. The van der Waals surface area contributed by atoms with Gasteiger partial charge in [-0.1, -0.05) is 48.0 Å². The quantitative estimate of drug-likeness (QED) is 0.621. The van der Waals surface area contributed by atoms with E-state index in [1.54, 1.807) is 0 Å². The lowest BCUT2D eigenvalue weighted by Crippen LogP contribution is -2.45. The summed E-state index contributed by atoms with van der Waals surface area (Å²) in [4.78, 5) is 19.2. The minimum absolute atomic E-state index is 0.103. The Labute approximate surface area is 167 Å². The fraction of sp³-hybridized carbons (Fsp3) is 0.391. The van der Waals surface area contributed by atoms with E-state index in [0.29, 0.717) is 19.0 Å². The van der Waals surface area contributed by atoms with E-state index in [1.165, 1.54) is 27.8 Å². The van der Waals surface area contributed by atoms with Crippen LogP contribution in [0.1, 0.15) is 34.7 Å². The highest BCUT2D eigenvalue weighted by atomic mass is 16.2. The number of carbonyl (C=O) groups is 1. The predicted molar refractivity (Wildman–Crippen MR) is 114 cm³/mol. The van der Waals surface area contributed by atoms with E-state index in [4.69, 9.17) is 0 Å². The van der Waals surface area contributed by atoms with Crippen LogP contribution in [0.3, 0.4) is 0 Å². The molecule has 148 valence electrons. The Balaban J connectivity index is 1.57. The van der Waals surface area contributed by atoms with Crippen LogP contribution in [0.15, 0.2) is 47.5 Å². The molecule has 0 bridgehead atoms. The molecule has 0 fully saturated rings. The lowest BCUT2D eigenvalue weighted by Gasteiger charge is -2.29. The second-order valence-corrected chi connectivity index (χ2v) is 7.31. The Morgan fingerprint density at radius 1 is 1.11 bits per heavy atom. The van der Waals surface area contributed by atoms with Crippen LogP contribution in [0.4, 0.5) is 0 Å². The zero-order valence-electron chi connectivity index (χ0n) is 17.1. The minimum atomic E-state index is 0.103. The molecule has 3 rings (SSSR count). The zero-order chi connectivity index (χ0) is 19.9. The Morgan fingerprint density at radius 3 is 2.64 bits per heavy atom. The molecule has 0 aromatic heterocycles. The molecule has 2 aromatic carbocycles. The summed E-state index contributed by atoms with van der Waals surface area (Å²) in [5.74, 6) is 0.778. The smallest absolute Gasteiger partial charge is 0.242 e. The fourth-order valence-corrected chi connectivity index (χ4v) is 3.51. The van der Waals surface area contributed by atoms with Crippen LogP contribution in [0.2, 0.25) is 0 Å². The predicted octanol–water partition coefficient (Wildman–Crippen LogP) is 2.94. The number of hydrogen-bond acceptors (Lipinski definition) is 2. The molecule has 28 heavy (non-hydrogen) atoms. The van der Waals surface area contributed by atoms with Crippen molar-refractivity contribution in [1.82, 2.24) is 15.5 Å². The van der Waals surface area contributed by atoms with Gasteiger partial charge in [-0.05, 0) is 49.4 Å². The van der Waals surface area contributed by atoms with Crippen molar-refractivity contribution in [3.05, 3.63) is 70.3 Å². The van der Waals surface area contributed by atoms with Gasteiger partial charge in [0, 0.05) is 19.6 Å². The summed E-state index contributed by atoms with van der Waals surface area (Å²) in [5, 5.41) is 6.42. The topological polar surface area (TPSA) is 56.7 Å². The Bertz CT molecular complexity index is 859. The Hall–Kier alpha value is -2.82. The van der Waals surface area contributed by atoms with Crippen molar-refractivity contribution in [3.8, 4) is 0 Å². The largest absolute Gasteiger partial charge is 0.357 e. The van der Waals surface area contributed by atoms with Crippen molar-refractivity contribution < 1.29 is 4.79 Å². The van der Waals surface area contributed by atoms with Crippen LogP contribution < -0.4 is 10.6 Å². The molecule has 1 aliphatic heterocycles. The van der Waals surface area contributed by atoms with Crippen molar-refractivity contribution in [2.75, 3.05) is 19.6 Å². The van der Waals surface area contributed by atoms with Crippen molar-refractivity contribution in [2.24, 2.45) is 4.99 Å². The zero-order valence-corrected chi connectivity index (χ0v) is 17.1. The second kappa shape index (κ2) is 9.40. The summed E-state index contributed by atoms with van der Waals surface area (Å²) < 4.78 is 0. The maximum atomic E-state index is 12.7. The van der Waals surface area contributed by atoms with Crippen molar-refractivity contribution >= 4 is 11.9 Å². The minimum Gasteiger partial charge on any atom is -0.357 e.